The minimum absolute atomic E-state index is 0.635. The molecule has 0 unspecified atom stereocenters. The molecule has 0 aliphatic heterocycles. The zero-order valence-corrected chi connectivity index (χ0v) is 8.97. The van der Waals surface area contributed by atoms with Crippen LogP contribution >= 0.6 is 11.3 Å². The van der Waals surface area contributed by atoms with Crippen LogP contribution in [0.3, 0.4) is 0 Å². The van der Waals surface area contributed by atoms with Crippen molar-refractivity contribution in [1.29, 1.82) is 0 Å². The Morgan fingerprint density at radius 1 is 1.21 bits per heavy atom. The van der Waals surface area contributed by atoms with E-state index < -0.39 is 0 Å². The predicted octanol–water partition coefficient (Wildman–Crippen LogP) is 3.18. The maximum Gasteiger partial charge on any atom is 0.0346 e. The van der Waals surface area contributed by atoms with Crippen LogP contribution in [-0.4, -0.2) is 0 Å². The summed E-state index contributed by atoms with van der Waals surface area (Å²) in [6, 6.07) is 12.8. The standard InChI is InChI=1S/C12H13NS/c1-9-3-2-4-10(7-9)12-6-5-11(8-13)14-12/h2-7H,8,13H2,1H3. The van der Waals surface area contributed by atoms with Crippen LogP contribution in [0.5, 0.6) is 0 Å². The monoisotopic (exact) mass is 203 g/mol. The molecule has 2 heteroatoms. The lowest BCUT2D eigenvalue weighted by atomic mass is 10.1. The molecule has 1 heterocycles. The van der Waals surface area contributed by atoms with Crippen LogP contribution in [0.25, 0.3) is 10.4 Å². The summed E-state index contributed by atoms with van der Waals surface area (Å²) in [6.07, 6.45) is 0. The molecule has 1 aromatic carbocycles. The Bertz CT molecular complexity index is 431. The minimum atomic E-state index is 0.635. The second-order valence-electron chi connectivity index (χ2n) is 3.34. The summed E-state index contributed by atoms with van der Waals surface area (Å²) in [5, 5.41) is 0. The second kappa shape index (κ2) is 3.95. The van der Waals surface area contributed by atoms with E-state index in [4.69, 9.17) is 5.73 Å². The maximum atomic E-state index is 5.58. The Morgan fingerprint density at radius 3 is 2.71 bits per heavy atom. The van der Waals surface area contributed by atoms with E-state index in [0.717, 1.165) is 0 Å². The van der Waals surface area contributed by atoms with Crippen molar-refractivity contribution in [2.24, 2.45) is 5.73 Å². The Kier molecular flexibility index (Phi) is 2.66. The van der Waals surface area contributed by atoms with E-state index in [9.17, 15) is 0 Å². The van der Waals surface area contributed by atoms with Crippen molar-refractivity contribution in [3.8, 4) is 10.4 Å². The van der Waals surface area contributed by atoms with Gasteiger partial charge in [-0.25, -0.2) is 0 Å². The first-order chi connectivity index (χ1) is 6.79. The molecule has 2 rings (SSSR count). The first-order valence-corrected chi connectivity index (χ1v) is 5.47. The lowest BCUT2D eigenvalue weighted by Crippen LogP contribution is -1.90. The van der Waals surface area contributed by atoms with Crippen molar-refractivity contribution < 1.29 is 0 Å². The molecule has 0 spiro atoms. The lowest BCUT2D eigenvalue weighted by molar-refractivity contribution is 1.11. The molecule has 2 aromatic rings. The highest BCUT2D eigenvalue weighted by atomic mass is 32.1. The summed E-state index contributed by atoms with van der Waals surface area (Å²) >= 11 is 1.77. The number of benzene rings is 1. The molecule has 0 fully saturated rings. The van der Waals surface area contributed by atoms with Crippen LogP contribution in [0.15, 0.2) is 36.4 Å². The predicted molar refractivity (Wildman–Crippen MR) is 62.4 cm³/mol. The van der Waals surface area contributed by atoms with Gasteiger partial charge in [0.25, 0.3) is 0 Å². The number of hydrogen-bond acceptors (Lipinski definition) is 2. The summed E-state index contributed by atoms with van der Waals surface area (Å²) in [5.74, 6) is 0. The first kappa shape index (κ1) is 9.44. The molecule has 0 saturated heterocycles. The largest absolute Gasteiger partial charge is 0.326 e. The molecule has 0 amide bonds. The van der Waals surface area contributed by atoms with Gasteiger partial charge in [0.15, 0.2) is 0 Å². The van der Waals surface area contributed by atoms with Crippen molar-refractivity contribution >= 4 is 11.3 Å². The normalized spacial score (nSPS) is 10.4. The quantitative estimate of drug-likeness (QED) is 0.797. The third-order valence-electron chi connectivity index (χ3n) is 2.17. The molecule has 0 radical (unpaired) electrons. The van der Waals surface area contributed by atoms with E-state index in [0.29, 0.717) is 6.54 Å². The van der Waals surface area contributed by atoms with Gasteiger partial charge in [0, 0.05) is 16.3 Å². The van der Waals surface area contributed by atoms with Gasteiger partial charge in [0.1, 0.15) is 0 Å². The topological polar surface area (TPSA) is 26.0 Å². The lowest BCUT2D eigenvalue weighted by Gasteiger charge is -1.98. The third kappa shape index (κ3) is 1.86. The molecule has 0 atom stereocenters. The van der Waals surface area contributed by atoms with Gasteiger partial charge in [0.2, 0.25) is 0 Å². The number of hydrogen-bond donors (Lipinski definition) is 1. The van der Waals surface area contributed by atoms with Gasteiger partial charge < -0.3 is 5.73 Å². The van der Waals surface area contributed by atoms with Crippen molar-refractivity contribution in [2.45, 2.75) is 13.5 Å². The van der Waals surface area contributed by atoms with Crippen molar-refractivity contribution in [2.75, 3.05) is 0 Å². The van der Waals surface area contributed by atoms with Crippen molar-refractivity contribution in [3.05, 3.63) is 46.8 Å². The summed E-state index contributed by atoms with van der Waals surface area (Å²) in [5.41, 5.74) is 8.16. The summed E-state index contributed by atoms with van der Waals surface area (Å²) in [4.78, 5) is 2.54. The molecule has 1 nitrogen and oxygen atoms in total. The van der Waals surface area contributed by atoms with Crippen LogP contribution in [0.2, 0.25) is 0 Å². The molecule has 0 aliphatic rings. The fraction of sp³-hybridized carbons (Fsp3) is 0.167. The maximum absolute atomic E-state index is 5.58. The van der Waals surface area contributed by atoms with Gasteiger partial charge in [-0.15, -0.1) is 11.3 Å². The summed E-state index contributed by atoms with van der Waals surface area (Å²) in [6.45, 7) is 2.75. The average molecular weight is 203 g/mol. The summed E-state index contributed by atoms with van der Waals surface area (Å²) < 4.78 is 0. The Hall–Kier alpha value is -1.12. The Morgan fingerprint density at radius 2 is 2.07 bits per heavy atom. The molecule has 72 valence electrons. The van der Waals surface area contributed by atoms with Gasteiger partial charge in [-0.1, -0.05) is 29.8 Å². The molecule has 0 bridgehead atoms. The van der Waals surface area contributed by atoms with Crippen LogP contribution in [0, 0.1) is 6.92 Å². The SMILES string of the molecule is Cc1cccc(-c2ccc(CN)s2)c1. The molecule has 1 aromatic heterocycles. The minimum Gasteiger partial charge on any atom is -0.326 e. The molecule has 14 heavy (non-hydrogen) atoms. The van der Waals surface area contributed by atoms with Gasteiger partial charge in [-0.05, 0) is 24.6 Å². The van der Waals surface area contributed by atoms with Crippen molar-refractivity contribution in [1.82, 2.24) is 0 Å². The zero-order chi connectivity index (χ0) is 9.97. The number of rotatable bonds is 2. The first-order valence-electron chi connectivity index (χ1n) is 4.65. The fourth-order valence-electron chi connectivity index (χ4n) is 1.44. The zero-order valence-electron chi connectivity index (χ0n) is 8.16. The molecule has 2 N–H and O–H groups in total. The number of thiophene rings is 1. The highest BCUT2D eigenvalue weighted by Crippen LogP contribution is 2.28. The van der Waals surface area contributed by atoms with E-state index >= 15 is 0 Å². The molecule has 0 aliphatic carbocycles. The van der Waals surface area contributed by atoms with Crippen LogP contribution in [0.1, 0.15) is 10.4 Å². The molecular formula is C12H13NS. The van der Waals surface area contributed by atoms with E-state index in [-0.39, 0.29) is 0 Å². The Labute approximate surface area is 88.2 Å². The highest BCUT2D eigenvalue weighted by molar-refractivity contribution is 7.15. The molecule has 0 saturated carbocycles. The van der Waals surface area contributed by atoms with Crippen LogP contribution in [0.4, 0.5) is 0 Å². The average Bonchev–Trinajstić information content (AvgIpc) is 2.66. The molecular weight excluding hydrogens is 190 g/mol. The van der Waals surface area contributed by atoms with Gasteiger partial charge in [0.05, 0.1) is 0 Å². The third-order valence-corrected chi connectivity index (χ3v) is 3.32. The Balaban J connectivity index is 2.39. The van der Waals surface area contributed by atoms with Crippen LogP contribution < -0.4 is 5.73 Å². The second-order valence-corrected chi connectivity index (χ2v) is 4.51. The van der Waals surface area contributed by atoms with Gasteiger partial charge >= 0.3 is 0 Å². The van der Waals surface area contributed by atoms with Crippen LogP contribution in [-0.2, 0) is 6.54 Å². The van der Waals surface area contributed by atoms with E-state index in [2.05, 4.69) is 43.3 Å². The van der Waals surface area contributed by atoms with Gasteiger partial charge in [-0.2, -0.15) is 0 Å². The number of aryl methyl sites for hydroxylation is 1. The van der Waals surface area contributed by atoms with E-state index in [1.807, 2.05) is 0 Å². The summed E-state index contributed by atoms with van der Waals surface area (Å²) in [7, 11) is 0. The highest BCUT2D eigenvalue weighted by Gasteiger charge is 2.01. The van der Waals surface area contributed by atoms with E-state index in [1.165, 1.54) is 20.9 Å². The van der Waals surface area contributed by atoms with Gasteiger partial charge in [-0.3, -0.25) is 0 Å². The van der Waals surface area contributed by atoms with E-state index in [1.54, 1.807) is 11.3 Å². The smallest absolute Gasteiger partial charge is 0.0346 e. The van der Waals surface area contributed by atoms with Crippen molar-refractivity contribution in [3.63, 3.8) is 0 Å². The number of nitrogens with two attached hydrogens (primary N) is 1. The fourth-order valence-corrected chi connectivity index (χ4v) is 2.32.